The van der Waals surface area contributed by atoms with E-state index >= 15 is 0 Å². The molecule has 12 nitrogen and oxygen atoms in total. The van der Waals surface area contributed by atoms with E-state index < -0.39 is 35.9 Å². The Balaban J connectivity index is 1.35. The molecule has 0 aliphatic heterocycles. The van der Waals surface area contributed by atoms with Gasteiger partial charge >= 0.3 is 6.09 Å². The molecule has 0 saturated heterocycles. The van der Waals surface area contributed by atoms with Gasteiger partial charge in [-0.15, -0.1) is 10.2 Å². The molecular weight excluding hydrogens is 552 g/mol. The lowest BCUT2D eigenvalue weighted by Gasteiger charge is -2.21. The standard InChI is InChI=1S/C31H32N6O6/c1-19(2)24(25(39)27-35-36-29(43-27)31(3)14-15-31)34-23(38)17-37-26(21-12-8-5-9-13-21)32-16-22(28(37)40)33-30(41)42-18-20-10-6-4-7-11-20/h4-13,16,19,24H,14-15,17-18H2,1-3H3,(H,33,41)(H,34,38)/t24-/m0/s1. The molecule has 4 aromatic rings. The van der Waals surface area contributed by atoms with Gasteiger partial charge in [0, 0.05) is 11.0 Å². The minimum Gasteiger partial charge on any atom is -0.444 e. The van der Waals surface area contributed by atoms with Crippen LogP contribution in [0.15, 0.2) is 76.1 Å². The van der Waals surface area contributed by atoms with Gasteiger partial charge in [-0.1, -0.05) is 81.4 Å². The van der Waals surface area contributed by atoms with Crippen LogP contribution in [0.2, 0.25) is 0 Å². The molecule has 2 N–H and O–H groups in total. The molecule has 2 amide bonds. The van der Waals surface area contributed by atoms with Gasteiger partial charge in [0.15, 0.2) is 0 Å². The topological polar surface area (TPSA) is 158 Å². The maximum Gasteiger partial charge on any atom is 0.412 e. The van der Waals surface area contributed by atoms with Crippen LogP contribution in [0, 0.1) is 5.92 Å². The van der Waals surface area contributed by atoms with E-state index in [9.17, 15) is 19.2 Å². The van der Waals surface area contributed by atoms with E-state index in [1.54, 1.807) is 50.2 Å². The number of benzene rings is 2. The zero-order valence-corrected chi connectivity index (χ0v) is 24.1. The van der Waals surface area contributed by atoms with E-state index in [4.69, 9.17) is 9.15 Å². The van der Waals surface area contributed by atoms with Crippen molar-refractivity contribution >= 4 is 23.5 Å². The molecule has 0 unspecified atom stereocenters. The summed E-state index contributed by atoms with van der Waals surface area (Å²) in [5.41, 5.74) is 0.296. The molecule has 12 heteroatoms. The van der Waals surface area contributed by atoms with Crippen molar-refractivity contribution in [1.29, 1.82) is 0 Å². The molecule has 0 radical (unpaired) electrons. The molecule has 43 heavy (non-hydrogen) atoms. The maximum atomic E-state index is 13.6. The first-order chi connectivity index (χ1) is 20.6. The number of nitrogens with one attached hydrogen (secondary N) is 2. The molecule has 1 aliphatic rings. The lowest BCUT2D eigenvalue weighted by molar-refractivity contribution is -0.122. The van der Waals surface area contributed by atoms with Crippen molar-refractivity contribution in [2.24, 2.45) is 5.92 Å². The Kier molecular flexibility index (Phi) is 8.46. The summed E-state index contributed by atoms with van der Waals surface area (Å²) in [7, 11) is 0. The normalized spacial score (nSPS) is 14.1. The number of hydrogen-bond donors (Lipinski definition) is 2. The fraction of sp³-hybridized carbons (Fsp3) is 0.323. The van der Waals surface area contributed by atoms with Crippen molar-refractivity contribution in [2.45, 2.75) is 58.2 Å². The van der Waals surface area contributed by atoms with E-state index in [0.29, 0.717) is 11.5 Å². The Morgan fingerprint density at radius 1 is 1.02 bits per heavy atom. The van der Waals surface area contributed by atoms with Crippen LogP contribution in [0.3, 0.4) is 0 Å². The number of Topliss-reactive ketones (excluding diaryl/α,β-unsaturated/α-hetero) is 1. The van der Waals surface area contributed by atoms with Crippen LogP contribution in [0.1, 0.15) is 55.8 Å². The second-order valence-electron chi connectivity index (χ2n) is 11.1. The molecule has 1 saturated carbocycles. The third-order valence-electron chi connectivity index (χ3n) is 7.25. The first kappa shape index (κ1) is 29.4. The number of rotatable bonds is 11. The van der Waals surface area contributed by atoms with Crippen LogP contribution in [0.4, 0.5) is 10.5 Å². The largest absolute Gasteiger partial charge is 0.444 e. The van der Waals surface area contributed by atoms with Gasteiger partial charge in [-0.2, -0.15) is 0 Å². The number of nitrogens with zero attached hydrogens (tertiary/aromatic N) is 4. The number of carbonyl (C=O) groups is 3. The zero-order valence-electron chi connectivity index (χ0n) is 24.1. The van der Waals surface area contributed by atoms with Gasteiger partial charge in [0.05, 0.1) is 12.2 Å². The Morgan fingerprint density at radius 2 is 1.70 bits per heavy atom. The van der Waals surface area contributed by atoms with Crippen molar-refractivity contribution in [2.75, 3.05) is 5.32 Å². The quantitative estimate of drug-likeness (QED) is 0.247. The summed E-state index contributed by atoms with van der Waals surface area (Å²) in [6.07, 6.45) is 2.17. The molecule has 2 aromatic heterocycles. The van der Waals surface area contributed by atoms with Crippen molar-refractivity contribution in [1.82, 2.24) is 25.1 Å². The summed E-state index contributed by atoms with van der Waals surface area (Å²) in [5, 5.41) is 13.1. The molecule has 1 aliphatic carbocycles. The minimum absolute atomic E-state index is 0.00416. The lowest BCUT2D eigenvalue weighted by atomic mass is 9.99. The third-order valence-corrected chi connectivity index (χ3v) is 7.25. The molecule has 222 valence electrons. The van der Waals surface area contributed by atoms with E-state index in [2.05, 4.69) is 25.8 Å². The molecule has 2 aromatic carbocycles. The molecule has 1 fully saturated rings. The maximum absolute atomic E-state index is 13.6. The van der Waals surface area contributed by atoms with E-state index in [-0.39, 0.29) is 35.3 Å². The van der Waals surface area contributed by atoms with Crippen LogP contribution in [0.25, 0.3) is 11.4 Å². The van der Waals surface area contributed by atoms with Gasteiger partial charge in [0.25, 0.3) is 11.4 Å². The molecule has 0 spiro atoms. The molecular formula is C31H32N6O6. The zero-order chi connectivity index (χ0) is 30.6. The summed E-state index contributed by atoms with van der Waals surface area (Å²) >= 11 is 0. The minimum atomic E-state index is -0.981. The fourth-order valence-electron chi connectivity index (χ4n) is 4.41. The SMILES string of the molecule is CC(C)[C@H](NC(=O)Cn1c(-c2ccccc2)ncc(NC(=O)OCc2ccccc2)c1=O)C(=O)c1nnc(C2(C)CC2)o1. The number of hydrogen-bond acceptors (Lipinski definition) is 9. The number of aromatic nitrogens is 4. The van der Waals surface area contributed by atoms with E-state index in [1.165, 1.54) is 6.20 Å². The number of ketones is 1. The first-order valence-corrected chi connectivity index (χ1v) is 13.9. The number of carbonyl (C=O) groups excluding carboxylic acids is 3. The van der Waals surface area contributed by atoms with Crippen molar-refractivity contribution in [3.05, 3.63) is 94.6 Å². The molecule has 2 heterocycles. The van der Waals surface area contributed by atoms with Gasteiger partial charge in [-0.05, 0) is 24.3 Å². The Bertz CT molecular complexity index is 1680. The highest BCUT2D eigenvalue weighted by atomic mass is 16.5. The highest BCUT2D eigenvalue weighted by Crippen LogP contribution is 2.46. The Labute approximate surface area is 247 Å². The van der Waals surface area contributed by atoms with E-state index in [0.717, 1.165) is 23.0 Å². The number of anilines is 1. The second-order valence-corrected chi connectivity index (χ2v) is 11.1. The molecule has 0 bridgehead atoms. The van der Waals surface area contributed by atoms with Crippen LogP contribution >= 0.6 is 0 Å². The number of amides is 2. The smallest absolute Gasteiger partial charge is 0.412 e. The Morgan fingerprint density at radius 3 is 2.35 bits per heavy atom. The summed E-state index contributed by atoms with van der Waals surface area (Å²) < 4.78 is 12.0. The van der Waals surface area contributed by atoms with Crippen molar-refractivity contribution in [3.63, 3.8) is 0 Å². The van der Waals surface area contributed by atoms with Gasteiger partial charge in [-0.3, -0.25) is 24.3 Å². The predicted molar refractivity (Wildman–Crippen MR) is 156 cm³/mol. The van der Waals surface area contributed by atoms with Gasteiger partial charge in [-0.25, -0.2) is 9.78 Å². The summed E-state index contributed by atoms with van der Waals surface area (Å²) in [4.78, 5) is 57.0. The third kappa shape index (κ3) is 6.85. The van der Waals surface area contributed by atoms with Crippen molar-refractivity contribution < 1.29 is 23.5 Å². The van der Waals surface area contributed by atoms with Crippen LogP contribution in [-0.4, -0.2) is 43.6 Å². The summed E-state index contributed by atoms with van der Waals surface area (Å²) in [5.74, 6) is -1.02. The highest BCUT2D eigenvalue weighted by Gasteiger charge is 2.45. The molecule has 1 atom stereocenters. The van der Waals surface area contributed by atoms with Crippen LogP contribution in [0.5, 0.6) is 0 Å². The Hall–Kier alpha value is -5.13. The van der Waals surface area contributed by atoms with Crippen LogP contribution in [-0.2, 0) is 28.1 Å². The van der Waals surface area contributed by atoms with Crippen LogP contribution < -0.4 is 16.2 Å². The van der Waals surface area contributed by atoms with E-state index in [1.807, 2.05) is 31.2 Å². The average Bonchev–Trinajstić information content (AvgIpc) is 3.55. The lowest BCUT2D eigenvalue weighted by Crippen LogP contribution is -2.46. The number of ether oxygens (including phenoxy) is 1. The van der Waals surface area contributed by atoms with Gasteiger partial charge in [0.2, 0.25) is 17.6 Å². The first-order valence-electron chi connectivity index (χ1n) is 13.9. The van der Waals surface area contributed by atoms with Gasteiger partial charge in [0.1, 0.15) is 24.7 Å². The average molecular weight is 585 g/mol. The van der Waals surface area contributed by atoms with Crippen molar-refractivity contribution in [3.8, 4) is 11.4 Å². The summed E-state index contributed by atoms with van der Waals surface area (Å²) in [6.45, 7) is 5.06. The highest BCUT2D eigenvalue weighted by molar-refractivity contribution is 5.98. The predicted octanol–water partition coefficient (Wildman–Crippen LogP) is 4.12. The summed E-state index contributed by atoms with van der Waals surface area (Å²) in [6, 6.07) is 16.9. The molecule has 5 rings (SSSR count). The second kappa shape index (κ2) is 12.4. The van der Waals surface area contributed by atoms with Gasteiger partial charge < -0.3 is 14.5 Å². The fourth-order valence-corrected chi connectivity index (χ4v) is 4.41. The monoisotopic (exact) mass is 584 g/mol.